The molecule has 1 aromatic carbocycles. The Morgan fingerprint density at radius 2 is 1.68 bits per heavy atom. The third-order valence-electron chi connectivity index (χ3n) is 5.44. The summed E-state index contributed by atoms with van der Waals surface area (Å²) in [6, 6.07) is 7.43. The van der Waals surface area contributed by atoms with Crippen LogP contribution in [0.25, 0.3) is 6.08 Å². The van der Waals surface area contributed by atoms with Gasteiger partial charge in [0.25, 0.3) is 5.91 Å². The number of nitrogens with one attached hydrogen (secondary N) is 3. The summed E-state index contributed by atoms with van der Waals surface area (Å²) in [5.41, 5.74) is 1.14. The standard InChI is InChI=1S/C27H38N4O5S2/c1-27(2,3)36-25(35)29-16-7-4-6-10-23(33)28-15-8-5-9-17-31(19-32)21-13-11-20(12-14-21)18-22-24(34)30-26(37)38-22/h11-14,18-19H,4-10,15-17H2,1-3H3,(H,28,33)(H,29,35)(H,30,34,37). The van der Waals surface area contributed by atoms with Crippen LogP contribution in [0.3, 0.4) is 0 Å². The molecule has 0 radical (unpaired) electrons. The van der Waals surface area contributed by atoms with Crippen LogP contribution in [0.4, 0.5) is 10.5 Å². The van der Waals surface area contributed by atoms with Crippen LogP contribution in [-0.2, 0) is 19.1 Å². The molecule has 0 aliphatic carbocycles. The van der Waals surface area contributed by atoms with E-state index in [0.29, 0.717) is 35.3 Å². The van der Waals surface area contributed by atoms with Gasteiger partial charge in [-0.2, -0.15) is 0 Å². The molecule has 0 aromatic heterocycles. The molecule has 0 saturated carbocycles. The lowest BCUT2D eigenvalue weighted by Gasteiger charge is -2.19. The minimum atomic E-state index is -0.507. The van der Waals surface area contributed by atoms with E-state index in [2.05, 4.69) is 16.0 Å². The number of thioether (sulfide) groups is 1. The molecule has 3 N–H and O–H groups in total. The number of hydrogen-bond donors (Lipinski definition) is 3. The van der Waals surface area contributed by atoms with Crippen molar-refractivity contribution in [3.8, 4) is 0 Å². The second kappa shape index (κ2) is 16.1. The molecule has 0 spiro atoms. The molecule has 0 bridgehead atoms. The number of unbranched alkanes of at least 4 members (excludes halogenated alkanes) is 4. The molecule has 1 aromatic rings. The van der Waals surface area contributed by atoms with Crippen LogP contribution in [0.5, 0.6) is 0 Å². The normalized spacial score (nSPS) is 14.2. The van der Waals surface area contributed by atoms with Crippen LogP contribution in [0.2, 0.25) is 0 Å². The maximum Gasteiger partial charge on any atom is 0.407 e. The molecule has 38 heavy (non-hydrogen) atoms. The molecule has 1 aliphatic heterocycles. The summed E-state index contributed by atoms with van der Waals surface area (Å²) in [7, 11) is 0. The van der Waals surface area contributed by atoms with E-state index in [1.165, 1.54) is 11.8 Å². The van der Waals surface area contributed by atoms with Gasteiger partial charge >= 0.3 is 6.09 Å². The third kappa shape index (κ3) is 12.6. The Hall–Kier alpha value is -2.92. The summed E-state index contributed by atoms with van der Waals surface area (Å²) in [6.07, 6.45) is 7.60. The van der Waals surface area contributed by atoms with Gasteiger partial charge in [-0.05, 0) is 76.6 Å². The van der Waals surface area contributed by atoms with E-state index in [9.17, 15) is 19.2 Å². The zero-order valence-corrected chi connectivity index (χ0v) is 24.0. The van der Waals surface area contributed by atoms with Crippen molar-refractivity contribution >= 4 is 64.4 Å². The van der Waals surface area contributed by atoms with Gasteiger partial charge in [0, 0.05) is 31.7 Å². The highest BCUT2D eigenvalue weighted by molar-refractivity contribution is 8.26. The van der Waals surface area contributed by atoms with Crippen LogP contribution >= 0.6 is 24.0 Å². The highest BCUT2D eigenvalue weighted by Gasteiger charge is 2.22. The molecule has 208 valence electrons. The molecule has 0 unspecified atom stereocenters. The second-order valence-corrected chi connectivity index (χ2v) is 11.6. The molecule has 1 fully saturated rings. The van der Waals surface area contributed by atoms with Crippen molar-refractivity contribution < 1.29 is 23.9 Å². The SMILES string of the molecule is CC(C)(C)OC(=O)NCCCCCC(=O)NCCCCCN(C=O)c1ccc(C=C2SC(=S)NC2=O)cc1. The quantitative estimate of drug-likeness (QED) is 0.125. The number of rotatable bonds is 15. The van der Waals surface area contributed by atoms with Crippen LogP contribution in [0.15, 0.2) is 29.2 Å². The van der Waals surface area contributed by atoms with E-state index in [-0.39, 0.29) is 11.8 Å². The average Bonchev–Trinajstić information content (AvgIpc) is 3.16. The smallest absolute Gasteiger partial charge is 0.407 e. The molecule has 4 amide bonds. The van der Waals surface area contributed by atoms with Crippen molar-refractivity contribution in [3.05, 3.63) is 34.7 Å². The molecule has 1 aliphatic rings. The van der Waals surface area contributed by atoms with Crippen LogP contribution in [-0.4, -0.2) is 53.9 Å². The Balaban J connectivity index is 1.54. The monoisotopic (exact) mass is 562 g/mol. The van der Waals surface area contributed by atoms with Gasteiger partial charge in [0.2, 0.25) is 12.3 Å². The number of carbonyl (C=O) groups excluding carboxylic acids is 4. The number of hydrogen-bond acceptors (Lipinski definition) is 7. The first-order chi connectivity index (χ1) is 18.1. The lowest BCUT2D eigenvalue weighted by Crippen LogP contribution is -2.33. The van der Waals surface area contributed by atoms with Gasteiger partial charge in [-0.1, -0.05) is 42.5 Å². The minimum absolute atomic E-state index is 0.0324. The molecule has 0 atom stereocenters. The number of ether oxygens (including phenoxy) is 1. The minimum Gasteiger partial charge on any atom is -0.444 e. The second-order valence-electron chi connectivity index (χ2n) is 9.89. The van der Waals surface area contributed by atoms with E-state index in [1.54, 1.807) is 11.0 Å². The maximum atomic E-state index is 12.0. The highest BCUT2D eigenvalue weighted by Crippen LogP contribution is 2.26. The van der Waals surface area contributed by atoms with Crippen LogP contribution in [0.1, 0.15) is 71.3 Å². The Labute approximate surface area is 234 Å². The third-order valence-corrected chi connectivity index (χ3v) is 6.60. The fourth-order valence-corrected chi connectivity index (χ4v) is 4.61. The van der Waals surface area contributed by atoms with Crippen molar-refractivity contribution in [1.82, 2.24) is 16.0 Å². The summed E-state index contributed by atoms with van der Waals surface area (Å²) < 4.78 is 5.63. The van der Waals surface area contributed by atoms with Crippen molar-refractivity contribution in [2.24, 2.45) is 0 Å². The van der Waals surface area contributed by atoms with Gasteiger partial charge in [0.05, 0.1) is 4.91 Å². The van der Waals surface area contributed by atoms with E-state index in [1.807, 2.05) is 45.0 Å². The van der Waals surface area contributed by atoms with E-state index >= 15 is 0 Å². The van der Waals surface area contributed by atoms with Gasteiger partial charge in [-0.15, -0.1) is 0 Å². The van der Waals surface area contributed by atoms with Crippen LogP contribution in [0, 0.1) is 0 Å². The van der Waals surface area contributed by atoms with Crippen molar-refractivity contribution in [2.45, 2.75) is 71.3 Å². The van der Waals surface area contributed by atoms with Gasteiger partial charge < -0.3 is 25.6 Å². The fraction of sp³-hybridized carbons (Fsp3) is 0.519. The zero-order chi connectivity index (χ0) is 28.0. The molecule has 2 rings (SSSR count). The van der Waals surface area contributed by atoms with Gasteiger partial charge in [-0.25, -0.2) is 4.79 Å². The largest absolute Gasteiger partial charge is 0.444 e. The Bertz CT molecular complexity index is 1010. The lowest BCUT2D eigenvalue weighted by atomic mass is 10.1. The number of amides is 4. The number of anilines is 1. The number of benzene rings is 1. The van der Waals surface area contributed by atoms with Crippen molar-refractivity contribution in [1.29, 1.82) is 0 Å². The summed E-state index contributed by atoms with van der Waals surface area (Å²) in [4.78, 5) is 49.1. The van der Waals surface area contributed by atoms with E-state index in [4.69, 9.17) is 17.0 Å². The Kier molecular flexibility index (Phi) is 13.3. The topological polar surface area (TPSA) is 117 Å². The first-order valence-electron chi connectivity index (χ1n) is 12.9. The van der Waals surface area contributed by atoms with Gasteiger partial charge in [-0.3, -0.25) is 14.4 Å². The van der Waals surface area contributed by atoms with E-state index < -0.39 is 11.7 Å². The number of nitrogens with zero attached hydrogens (tertiary/aromatic N) is 1. The molecular formula is C27H38N4O5S2. The first kappa shape index (κ1) is 31.3. The molecule has 9 nitrogen and oxygen atoms in total. The summed E-state index contributed by atoms with van der Waals surface area (Å²) >= 11 is 6.23. The van der Waals surface area contributed by atoms with Gasteiger partial charge in [0.15, 0.2) is 0 Å². The highest BCUT2D eigenvalue weighted by atomic mass is 32.2. The Morgan fingerprint density at radius 3 is 2.29 bits per heavy atom. The predicted octanol–water partition coefficient (Wildman–Crippen LogP) is 4.51. The molecule has 11 heteroatoms. The van der Waals surface area contributed by atoms with E-state index in [0.717, 1.165) is 56.2 Å². The fourth-order valence-electron chi connectivity index (χ4n) is 3.57. The maximum absolute atomic E-state index is 12.0. The first-order valence-corrected chi connectivity index (χ1v) is 14.1. The van der Waals surface area contributed by atoms with Crippen molar-refractivity contribution in [3.63, 3.8) is 0 Å². The molecule has 1 heterocycles. The van der Waals surface area contributed by atoms with Gasteiger partial charge in [0.1, 0.15) is 9.92 Å². The summed E-state index contributed by atoms with van der Waals surface area (Å²) in [5.74, 6) is -0.163. The lowest BCUT2D eigenvalue weighted by molar-refractivity contribution is -0.121. The molecule has 1 saturated heterocycles. The zero-order valence-electron chi connectivity index (χ0n) is 22.3. The Morgan fingerprint density at radius 1 is 1.03 bits per heavy atom. The number of carbonyl (C=O) groups is 4. The van der Waals surface area contributed by atoms with Crippen LogP contribution < -0.4 is 20.9 Å². The number of thiocarbonyl (C=S) groups is 1. The number of alkyl carbamates (subject to hydrolysis) is 1. The van der Waals surface area contributed by atoms with Crippen molar-refractivity contribution in [2.75, 3.05) is 24.5 Å². The average molecular weight is 563 g/mol. The summed E-state index contributed by atoms with van der Waals surface area (Å²) in [6.45, 7) is 7.19. The summed E-state index contributed by atoms with van der Waals surface area (Å²) in [5, 5.41) is 8.24. The predicted molar refractivity (Wildman–Crippen MR) is 156 cm³/mol. The molecular weight excluding hydrogens is 524 g/mol.